The molecule has 66 heavy (non-hydrogen) atoms. The topological polar surface area (TPSA) is 199 Å². The molecule has 14 heteroatoms. The highest BCUT2D eigenvalue weighted by Crippen LogP contribution is 2.38. The predicted octanol–water partition coefficient (Wildman–Crippen LogP) is 6.36. The molecule has 2 bridgehead atoms. The zero-order chi connectivity index (χ0) is 48.7. The normalized spacial score (nSPS) is 37.4. The van der Waals surface area contributed by atoms with E-state index >= 15 is 0 Å². The Bertz CT molecular complexity index is 1710. The van der Waals surface area contributed by atoms with Gasteiger partial charge in [0.1, 0.15) is 24.4 Å². The molecule has 4 rings (SSSR count). The number of amides is 1. The molecule has 1 unspecified atom stereocenters. The van der Waals surface area contributed by atoms with Crippen LogP contribution in [-0.4, -0.2) is 137 Å². The molecule has 14 nitrogen and oxygen atoms in total. The average Bonchev–Trinajstić information content (AvgIpc) is 3.29. The molecule has 3 heterocycles. The summed E-state index contributed by atoms with van der Waals surface area (Å²) in [5.41, 5.74) is 1.42. The number of allylic oxidation sites excluding steroid dienone is 6. The van der Waals surface area contributed by atoms with Crippen LogP contribution in [0.5, 0.6) is 0 Å². The van der Waals surface area contributed by atoms with Gasteiger partial charge in [-0.05, 0) is 126 Å². The second-order valence-corrected chi connectivity index (χ2v) is 20.0. The Hall–Kier alpha value is -3.08. The number of aliphatic hydroxyl groups is 4. The van der Waals surface area contributed by atoms with Crippen molar-refractivity contribution in [3.05, 3.63) is 47.6 Å². The maximum atomic E-state index is 14.4. The first-order valence-corrected chi connectivity index (χ1v) is 24.7. The fraction of sp³-hybridized carbons (Fsp3) is 0.769. The van der Waals surface area contributed by atoms with E-state index in [9.17, 15) is 39.6 Å². The minimum Gasteiger partial charge on any atom is -0.461 e. The van der Waals surface area contributed by atoms with Crippen LogP contribution in [0.3, 0.4) is 0 Å². The van der Waals surface area contributed by atoms with Crippen LogP contribution >= 0.6 is 0 Å². The van der Waals surface area contributed by atoms with Crippen molar-refractivity contribution in [3.63, 3.8) is 0 Å². The molecule has 4 N–H and O–H groups in total. The number of ether oxygens (including phenoxy) is 5. The van der Waals surface area contributed by atoms with Crippen molar-refractivity contribution < 1.29 is 63.3 Å². The summed E-state index contributed by atoms with van der Waals surface area (Å²) < 4.78 is 29.9. The minimum atomic E-state index is -2.43. The van der Waals surface area contributed by atoms with Gasteiger partial charge in [-0.3, -0.25) is 14.4 Å². The lowest BCUT2D eigenvalue weighted by Gasteiger charge is -2.43. The molecule has 3 fully saturated rings. The molecule has 374 valence electrons. The Morgan fingerprint density at radius 3 is 2.29 bits per heavy atom. The average molecular weight is 930 g/mol. The summed E-state index contributed by atoms with van der Waals surface area (Å²) in [4.78, 5) is 57.9. The molecule has 3 aliphatic heterocycles. The molecule has 1 aliphatic carbocycles. The molecular weight excluding hydrogens is 847 g/mol. The Morgan fingerprint density at radius 2 is 1.59 bits per heavy atom. The molecule has 0 aromatic rings. The summed E-state index contributed by atoms with van der Waals surface area (Å²) in [5, 5.41) is 43.6. The van der Waals surface area contributed by atoms with Crippen LogP contribution in [0.15, 0.2) is 47.6 Å². The van der Waals surface area contributed by atoms with Gasteiger partial charge in [-0.2, -0.15) is 0 Å². The van der Waals surface area contributed by atoms with Gasteiger partial charge in [-0.15, -0.1) is 0 Å². The van der Waals surface area contributed by atoms with Gasteiger partial charge in [-0.25, -0.2) is 4.79 Å². The Kier molecular flexibility index (Phi) is 22.4. The van der Waals surface area contributed by atoms with Gasteiger partial charge in [0.05, 0.1) is 37.6 Å². The van der Waals surface area contributed by atoms with Crippen LogP contribution in [0, 0.1) is 35.5 Å². The smallest absolute Gasteiger partial charge is 0.329 e. The highest BCUT2D eigenvalue weighted by molar-refractivity contribution is 6.39. The molecule has 15 atom stereocenters. The number of cyclic esters (lactones) is 1. The highest BCUT2D eigenvalue weighted by atomic mass is 16.6. The number of piperidine rings is 1. The first-order valence-electron chi connectivity index (χ1n) is 24.7. The molecule has 0 aromatic carbocycles. The number of hydrogen-bond donors (Lipinski definition) is 4. The van der Waals surface area contributed by atoms with Gasteiger partial charge >= 0.3 is 5.97 Å². The van der Waals surface area contributed by atoms with Gasteiger partial charge < -0.3 is 49.0 Å². The van der Waals surface area contributed by atoms with Gasteiger partial charge in [-0.1, -0.05) is 71.1 Å². The summed E-state index contributed by atoms with van der Waals surface area (Å²) in [6, 6.07) is -1.04. The summed E-state index contributed by atoms with van der Waals surface area (Å²) in [7, 11) is 3.04. The number of carbonyl (C=O) groups excluding carboxylic acids is 4. The number of rotatable bonds is 8. The summed E-state index contributed by atoms with van der Waals surface area (Å²) in [6.45, 7) is 13.3. The van der Waals surface area contributed by atoms with E-state index in [1.165, 1.54) is 12.0 Å². The van der Waals surface area contributed by atoms with Crippen LogP contribution < -0.4 is 0 Å². The molecule has 4 aliphatic rings. The van der Waals surface area contributed by atoms with Crippen molar-refractivity contribution in [1.82, 2.24) is 4.90 Å². The molecule has 0 radical (unpaired) electrons. The number of fused-ring (bicyclic) bond motifs is 3. The van der Waals surface area contributed by atoms with Crippen molar-refractivity contribution >= 4 is 23.4 Å². The third kappa shape index (κ3) is 15.2. The molecule has 2 saturated heterocycles. The minimum absolute atomic E-state index is 0.0390. The number of Topliss-reactive ketones (excluding diaryl/α,β-unsaturated/α-hetero) is 2. The monoisotopic (exact) mass is 930 g/mol. The summed E-state index contributed by atoms with van der Waals surface area (Å²) >= 11 is 0. The number of nitrogens with zero attached hydrogens (tertiary/aromatic N) is 1. The molecular formula is C52H83NO13. The van der Waals surface area contributed by atoms with Gasteiger partial charge in [0, 0.05) is 39.0 Å². The van der Waals surface area contributed by atoms with E-state index in [1.54, 1.807) is 21.0 Å². The first kappa shape index (κ1) is 55.5. The van der Waals surface area contributed by atoms with E-state index in [1.807, 2.05) is 71.1 Å². The lowest BCUT2D eigenvalue weighted by Crippen LogP contribution is -2.61. The lowest BCUT2D eigenvalue weighted by molar-refractivity contribution is -0.266. The van der Waals surface area contributed by atoms with E-state index < -0.39 is 77.9 Å². The van der Waals surface area contributed by atoms with Crippen LogP contribution in [0.2, 0.25) is 0 Å². The number of aliphatic hydroxyl groups excluding tert-OH is 3. The van der Waals surface area contributed by atoms with E-state index in [2.05, 4.69) is 0 Å². The van der Waals surface area contributed by atoms with E-state index in [4.69, 9.17) is 23.7 Å². The SMILES string of the molecule is CO[C@@H]1C[C@H](C[C@@H](C)[C@@H]2CC[C@H](C)C=C(C)[C@@H](O)[C@@H](OC)C(=O)[C@H](C)C[C@H](C)C=CC=CC=C(C)C(OCCO)C[C@@H]3CC[C@@H](C)[C@@](O)(O3)C(=O)C(=O)N3CCCC[C@H]3C(=O)O2)CC[C@H]1O. The number of hydrogen-bond acceptors (Lipinski definition) is 13. The molecule has 1 amide bonds. The van der Waals surface area contributed by atoms with Crippen molar-refractivity contribution in [2.24, 2.45) is 35.5 Å². The fourth-order valence-corrected chi connectivity index (χ4v) is 10.4. The maximum Gasteiger partial charge on any atom is 0.329 e. The number of ketones is 2. The number of methoxy groups -OCH3 is 2. The van der Waals surface area contributed by atoms with Crippen LogP contribution in [0.4, 0.5) is 0 Å². The zero-order valence-electron chi connectivity index (χ0n) is 41.3. The molecule has 0 spiro atoms. The van der Waals surface area contributed by atoms with Crippen molar-refractivity contribution in [2.75, 3.05) is 34.0 Å². The van der Waals surface area contributed by atoms with E-state index in [0.717, 1.165) is 12.0 Å². The predicted molar refractivity (Wildman–Crippen MR) is 251 cm³/mol. The van der Waals surface area contributed by atoms with E-state index in [0.29, 0.717) is 76.2 Å². The first-order chi connectivity index (χ1) is 31.3. The van der Waals surface area contributed by atoms with Crippen LogP contribution in [-0.2, 0) is 42.9 Å². The largest absolute Gasteiger partial charge is 0.461 e. The number of carbonyl (C=O) groups is 4. The lowest BCUT2D eigenvalue weighted by atomic mass is 9.78. The highest BCUT2D eigenvalue weighted by Gasteiger charge is 2.53. The molecule has 0 aromatic heterocycles. The second kappa shape index (κ2) is 26.6. The van der Waals surface area contributed by atoms with Crippen molar-refractivity contribution in [3.8, 4) is 0 Å². The van der Waals surface area contributed by atoms with Crippen LogP contribution in [0.25, 0.3) is 0 Å². The fourth-order valence-electron chi connectivity index (χ4n) is 10.4. The maximum absolute atomic E-state index is 14.4. The van der Waals surface area contributed by atoms with Crippen molar-refractivity contribution in [1.29, 1.82) is 0 Å². The number of esters is 1. The summed E-state index contributed by atoms with van der Waals surface area (Å²) in [5.74, 6) is -6.36. The quantitative estimate of drug-likeness (QED) is 0.119. The van der Waals surface area contributed by atoms with E-state index in [-0.39, 0.29) is 61.7 Å². The third-order valence-electron chi connectivity index (χ3n) is 14.6. The Labute approximate surface area is 394 Å². The Balaban J connectivity index is 1.69. The van der Waals surface area contributed by atoms with Gasteiger partial charge in [0.2, 0.25) is 5.79 Å². The third-order valence-corrected chi connectivity index (χ3v) is 14.6. The molecule has 1 saturated carbocycles. The standard InChI is InChI=1S/C52H83NO13/c1-32-15-11-10-12-16-34(3)44(64-26-25-54)31-40-21-19-38(7)52(61,66-40)49(58)50(59)53-24-14-13-17-41(53)51(60)65-43(35(4)29-39-20-22-42(55)45(30-39)62-8)23-18-33(2)28-37(6)47(57)48(63-9)46(56)36(5)27-32/h10-12,15-16,28,32-33,35-36,38-45,47-48,54-55,57,61H,13-14,17-27,29-31H2,1-9H3/t32-,33+,35-,36-,38-,39+,40+,41+,42-,43+,44?,45-,47-,48+,52-/m1/s1. The summed E-state index contributed by atoms with van der Waals surface area (Å²) in [6.07, 6.45) is 13.7. The zero-order valence-corrected chi connectivity index (χ0v) is 41.3. The van der Waals surface area contributed by atoms with Gasteiger partial charge in [0.25, 0.3) is 11.7 Å². The van der Waals surface area contributed by atoms with Gasteiger partial charge in [0.15, 0.2) is 5.78 Å². The second-order valence-electron chi connectivity index (χ2n) is 20.0. The van der Waals surface area contributed by atoms with Crippen LogP contribution in [0.1, 0.15) is 132 Å². The van der Waals surface area contributed by atoms with Crippen molar-refractivity contribution in [2.45, 2.75) is 186 Å². The Morgan fingerprint density at radius 1 is 0.848 bits per heavy atom.